The minimum absolute atomic E-state index is 0.217. The molecule has 1 fully saturated rings. The van der Waals surface area contributed by atoms with Crippen LogP contribution in [0.3, 0.4) is 0 Å². The number of thioether (sulfide) groups is 1. The zero-order valence-electron chi connectivity index (χ0n) is 14.1. The maximum Gasteiger partial charge on any atom is 0.231 e. The van der Waals surface area contributed by atoms with Gasteiger partial charge in [-0.05, 0) is 45.1 Å². The van der Waals surface area contributed by atoms with Gasteiger partial charge in [0.05, 0.1) is 19.0 Å². The van der Waals surface area contributed by atoms with Gasteiger partial charge in [-0.25, -0.2) is 0 Å². The molecule has 4 heteroatoms. The van der Waals surface area contributed by atoms with Gasteiger partial charge in [0, 0.05) is 23.5 Å². The first kappa shape index (κ1) is 17.4. The van der Waals surface area contributed by atoms with E-state index in [0.717, 1.165) is 39.0 Å². The number of hydrogen-bond acceptors (Lipinski definition) is 2. The summed E-state index contributed by atoms with van der Waals surface area (Å²) in [5.74, 6) is 0.578. The maximum absolute atomic E-state index is 12.6. The fourth-order valence-electron chi connectivity index (χ4n) is 3.35. The Bertz CT molecular complexity index is 470. The van der Waals surface area contributed by atoms with Gasteiger partial charge in [-0.15, -0.1) is 11.8 Å². The zero-order chi connectivity index (χ0) is 15.9. The van der Waals surface area contributed by atoms with Gasteiger partial charge in [0.15, 0.2) is 0 Å². The molecular formula is C18H29N2OS+. The molecule has 1 saturated heterocycles. The average Bonchev–Trinajstić information content (AvgIpc) is 2.57. The van der Waals surface area contributed by atoms with Gasteiger partial charge in [0.1, 0.15) is 6.54 Å². The van der Waals surface area contributed by atoms with Gasteiger partial charge in [-0.2, -0.15) is 0 Å². The molecule has 0 bridgehead atoms. The first-order valence-corrected chi connectivity index (χ1v) is 9.65. The van der Waals surface area contributed by atoms with Crippen LogP contribution in [0.5, 0.6) is 0 Å². The molecule has 0 spiro atoms. The van der Waals surface area contributed by atoms with E-state index in [1.54, 1.807) is 16.7 Å². The summed E-state index contributed by atoms with van der Waals surface area (Å²) in [6, 6.07) is 8.85. The van der Waals surface area contributed by atoms with Crippen molar-refractivity contribution in [2.75, 3.05) is 32.4 Å². The molecule has 0 aromatic heterocycles. The molecule has 0 saturated carbocycles. The summed E-state index contributed by atoms with van der Waals surface area (Å²) in [6.07, 6.45) is 4.33. The molecule has 1 amide bonds. The maximum atomic E-state index is 12.6. The van der Waals surface area contributed by atoms with Gasteiger partial charge < -0.3 is 9.80 Å². The minimum atomic E-state index is 0.217. The topological polar surface area (TPSA) is 24.8 Å². The van der Waals surface area contributed by atoms with Crippen LogP contribution in [0, 0.1) is 5.92 Å². The van der Waals surface area contributed by atoms with Crippen LogP contribution in [0.25, 0.3) is 0 Å². The third-order valence-electron chi connectivity index (χ3n) is 4.66. The highest BCUT2D eigenvalue weighted by Gasteiger charge is 2.30. The highest BCUT2D eigenvalue weighted by atomic mass is 32.2. The van der Waals surface area contributed by atoms with Crippen molar-refractivity contribution in [2.24, 2.45) is 5.92 Å². The second-order valence-electron chi connectivity index (χ2n) is 6.08. The molecule has 1 unspecified atom stereocenters. The summed E-state index contributed by atoms with van der Waals surface area (Å²) in [5, 5.41) is 0. The third-order valence-corrected chi connectivity index (χ3v) is 5.40. The van der Waals surface area contributed by atoms with Crippen molar-refractivity contribution in [1.29, 1.82) is 0 Å². The summed E-state index contributed by atoms with van der Waals surface area (Å²) in [6.45, 7) is 9.02. The molecule has 0 radical (unpaired) electrons. The van der Waals surface area contributed by atoms with E-state index in [1.165, 1.54) is 17.0 Å². The Hall–Kier alpha value is -1.00. The molecule has 1 aliphatic heterocycles. The third kappa shape index (κ3) is 4.50. The fraction of sp³-hybridized carbons (Fsp3) is 0.611. The summed E-state index contributed by atoms with van der Waals surface area (Å²) in [4.78, 5) is 17.4. The molecule has 1 heterocycles. The number of benzene rings is 1. The van der Waals surface area contributed by atoms with Crippen LogP contribution < -0.4 is 4.90 Å². The number of quaternary nitrogens is 1. The largest absolute Gasteiger partial charge is 0.343 e. The summed E-state index contributed by atoms with van der Waals surface area (Å²) in [5.41, 5.74) is 1.38. The van der Waals surface area contributed by atoms with Gasteiger partial charge >= 0.3 is 0 Å². The van der Waals surface area contributed by atoms with E-state index < -0.39 is 0 Å². The second kappa shape index (κ2) is 8.59. The quantitative estimate of drug-likeness (QED) is 0.812. The van der Waals surface area contributed by atoms with Crippen LogP contribution in [0.15, 0.2) is 29.2 Å². The molecule has 3 nitrogen and oxygen atoms in total. The Morgan fingerprint density at radius 2 is 1.95 bits per heavy atom. The van der Waals surface area contributed by atoms with E-state index in [1.807, 2.05) is 4.90 Å². The molecule has 0 aliphatic carbocycles. The summed E-state index contributed by atoms with van der Waals surface area (Å²) in [7, 11) is 0. The van der Waals surface area contributed by atoms with Crippen LogP contribution in [-0.2, 0) is 11.3 Å². The monoisotopic (exact) mass is 321 g/mol. The molecule has 2 atom stereocenters. The molecule has 1 N–H and O–H groups in total. The van der Waals surface area contributed by atoms with E-state index in [4.69, 9.17) is 0 Å². The predicted molar refractivity (Wildman–Crippen MR) is 93.3 cm³/mol. The Kier molecular flexibility index (Phi) is 6.77. The lowest BCUT2D eigenvalue weighted by atomic mass is 9.96. The molecule has 2 rings (SSSR count). The number of hydrogen-bond donors (Lipinski definition) is 1. The lowest BCUT2D eigenvalue weighted by Gasteiger charge is -2.32. The van der Waals surface area contributed by atoms with Crippen molar-refractivity contribution < 1.29 is 9.69 Å². The zero-order valence-corrected chi connectivity index (χ0v) is 14.9. The number of rotatable bonds is 6. The normalized spacial score (nSPS) is 21.6. The summed E-state index contributed by atoms with van der Waals surface area (Å²) >= 11 is 1.78. The number of nitrogens with zero attached hydrogens (tertiary/aromatic N) is 1. The number of likely N-dealkylation sites (tertiary alicyclic amines) is 1. The lowest BCUT2D eigenvalue weighted by Crippen LogP contribution is -3.12. The molecule has 1 aromatic carbocycles. The SMILES string of the molecule is CCN(CC)C(=O)[C@H]1CCC[NH+](Cc2ccc(SC)cc2)C1. The second-order valence-corrected chi connectivity index (χ2v) is 6.96. The van der Waals surface area contributed by atoms with Crippen LogP contribution in [-0.4, -0.2) is 43.2 Å². The van der Waals surface area contributed by atoms with Crippen LogP contribution in [0.4, 0.5) is 0 Å². The van der Waals surface area contributed by atoms with Gasteiger partial charge in [-0.3, -0.25) is 4.79 Å². The highest BCUT2D eigenvalue weighted by Crippen LogP contribution is 2.15. The fourth-order valence-corrected chi connectivity index (χ4v) is 3.76. The molecule has 1 aromatic rings. The van der Waals surface area contributed by atoms with Gasteiger partial charge in [-0.1, -0.05) is 12.1 Å². The molecular weight excluding hydrogens is 292 g/mol. The van der Waals surface area contributed by atoms with E-state index >= 15 is 0 Å². The van der Waals surface area contributed by atoms with Crippen molar-refractivity contribution in [3.8, 4) is 0 Å². The van der Waals surface area contributed by atoms with E-state index in [-0.39, 0.29) is 5.92 Å². The predicted octanol–water partition coefficient (Wildman–Crippen LogP) is 2.07. The van der Waals surface area contributed by atoms with E-state index in [0.29, 0.717) is 5.91 Å². The molecule has 122 valence electrons. The van der Waals surface area contributed by atoms with E-state index in [9.17, 15) is 4.79 Å². The Balaban J connectivity index is 1.93. The molecule has 1 aliphatic rings. The standard InChI is InChI=1S/C18H28N2OS/c1-4-20(5-2)18(21)16-7-6-12-19(14-16)13-15-8-10-17(22-3)11-9-15/h8-11,16H,4-7,12-14H2,1-3H3/p+1/t16-/m0/s1. The lowest BCUT2D eigenvalue weighted by molar-refractivity contribution is -0.921. The van der Waals surface area contributed by atoms with Crippen LogP contribution in [0.1, 0.15) is 32.3 Å². The van der Waals surface area contributed by atoms with E-state index in [2.05, 4.69) is 44.4 Å². The Labute approximate surface area is 139 Å². The number of carbonyl (C=O) groups is 1. The number of piperidine rings is 1. The average molecular weight is 322 g/mol. The van der Waals surface area contributed by atoms with Crippen molar-refractivity contribution >= 4 is 17.7 Å². The van der Waals surface area contributed by atoms with Crippen molar-refractivity contribution in [1.82, 2.24) is 4.90 Å². The van der Waals surface area contributed by atoms with Crippen molar-refractivity contribution in [3.63, 3.8) is 0 Å². The number of amides is 1. The van der Waals surface area contributed by atoms with Gasteiger partial charge in [0.2, 0.25) is 5.91 Å². The van der Waals surface area contributed by atoms with Crippen LogP contribution in [0.2, 0.25) is 0 Å². The smallest absolute Gasteiger partial charge is 0.231 e. The highest BCUT2D eigenvalue weighted by molar-refractivity contribution is 7.98. The number of carbonyl (C=O) groups excluding carboxylic acids is 1. The first-order valence-electron chi connectivity index (χ1n) is 8.43. The molecule has 22 heavy (non-hydrogen) atoms. The minimum Gasteiger partial charge on any atom is -0.343 e. The van der Waals surface area contributed by atoms with Crippen molar-refractivity contribution in [2.45, 2.75) is 38.1 Å². The van der Waals surface area contributed by atoms with Crippen LogP contribution >= 0.6 is 11.8 Å². The summed E-state index contributed by atoms with van der Waals surface area (Å²) < 4.78 is 0. The Morgan fingerprint density at radius 1 is 1.27 bits per heavy atom. The van der Waals surface area contributed by atoms with Crippen molar-refractivity contribution in [3.05, 3.63) is 29.8 Å². The number of nitrogens with one attached hydrogen (secondary N) is 1. The Morgan fingerprint density at radius 3 is 2.55 bits per heavy atom. The van der Waals surface area contributed by atoms with Gasteiger partial charge in [0.25, 0.3) is 0 Å². The first-order chi connectivity index (χ1) is 10.7.